The van der Waals surface area contributed by atoms with Crippen molar-refractivity contribution in [3.8, 4) is 11.5 Å². The van der Waals surface area contributed by atoms with Crippen molar-refractivity contribution in [2.24, 2.45) is 0 Å². The first-order chi connectivity index (χ1) is 16.4. The van der Waals surface area contributed by atoms with Crippen LogP contribution in [0.1, 0.15) is 29.2 Å². The number of pyridine rings is 1. The van der Waals surface area contributed by atoms with E-state index in [0.717, 1.165) is 30.3 Å². The van der Waals surface area contributed by atoms with Crippen molar-refractivity contribution >= 4 is 22.5 Å². The highest BCUT2D eigenvalue weighted by Crippen LogP contribution is 2.40. The number of piperazine rings is 1. The zero-order valence-electron chi connectivity index (χ0n) is 19.0. The zero-order valence-corrected chi connectivity index (χ0v) is 19.0. The van der Waals surface area contributed by atoms with Gasteiger partial charge in [-0.15, -0.1) is 0 Å². The van der Waals surface area contributed by atoms with Crippen LogP contribution in [0.15, 0.2) is 41.3 Å². The number of benzene rings is 2. The number of aromatic nitrogens is 1. The molecule has 0 N–H and O–H groups in total. The van der Waals surface area contributed by atoms with Crippen molar-refractivity contribution in [3.63, 3.8) is 0 Å². The topological polar surface area (TPSA) is 64.0 Å². The van der Waals surface area contributed by atoms with Crippen LogP contribution in [0.5, 0.6) is 11.5 Å². The molecule has 2 fully saturated rings. The molecule has 0 radical (unpaired) electrons. The summed E-state index contributed by atoms with van der Waals surface area (Å²) in [4.78, 5) is 30.4. The van der Waals surface area contributed by atoms with E-state index in [-0.39, 0.29) is 28.3 Å². The first-order valence-corrected chi connectivity index (χ1v) is 11.2. The average molecular weight is 469 g/mol. The lowest BCUT2D eigenvalue weighted by molar-refractivity contribution is 0.0744. The zero-order chi connectivity index (χ0) is 24.0. The Hall–Kier alpha value is -3.62. The van der Waals surface area contributed by atoms with Gasteiger partial charge in [0, 0.05) is 38.4 Å². The molecule has 5 rings (SSSR count). The lowest BCUT2D eigenvalue weighted by atomic mass is 10.1. The highest BCUT2D eigenvalue weighted by atomic mass is 19.2. The standard InChI is InChI=1S/C25H25F2N3O4/c1-33-20-6-4-3-5-19(20)28-9-11-29(12-10-28)25(32)17-14-30(15-7-8-15)22-16(23(17)31)13-18(26)21(27)24(22)34-2/h3-6,13-15H,7-12H2,1-2H3. The second kappa shape index (κ2) is 8.62. The van der Waals surface area contributed by atoms with Gasteiger partial charge < -0.3 is 23.8 Å². The summed E-state index contributed by atoms with van der Waals surface area (Å²) in [5.74, 6) is -2.30. The Balaban J connectivity index is 1.48. The van der Waals surface area contributed by atoms with Gasteiger partial charge in [0.05, 0.1) is 30.8 Å². The summed E-state index contributed by atoms with van der Waals surface area (Å²) < 4.78 is 40.9. The second-order valence-electron chi connectivity index (χ2n) is 8.56. The Kier molecular flexibility index (Phi) is 5.63. The molecule has 2 aliphatic rings. The SMILES string of the molecule is COc1ccccc1N1CCN(C(=O)c2cn(C3CC3)c3c(OC)c(F)c(F)cc3c2=O)CC1. The van der Waals surface area contributed by atoms with Crippen LogP contribution in [-0.2, 0) is 0 Å². The van der Waals surface area contributed by atoms with Crippen LogP contribution >= 0.6 is 0 Å². The summed E-state index contributed by atoms with van der Waals surface area (Å²) in [6.07, 6.45) is 3.13. The van der Waals surface area contributed by atoms with E-state index in [2.05, 4.69) is 4.90 Å². The first kappa shape index (κ1) is 22.2. The number of hydrogen-bond acceptors (Lipinski definition) is 5. The van der Waals surface area contributed by atoms with E-state index < -0.39 is 23.0 Å². The van der Waals surface area contributed by atoms with Gasteiger partial charge in [-0.3, -0.25) is 9.59 Å². The molecule has 0 spiro atoms. The summed E-state index contributed by atoms with van der Waals surface area (Å²) in [5.41, 5.74) is 0.467. The number of para-hydroxylation sites is 2. The number of nitrogens with zero attached hydrogens (tertiary/aromatic N) is 3. The Morgan fingerprint density at radius 2 is 1.74 bits per heavy atom. The minimum Gasteiger partial charge on any atom is -0.495 e. The van der Waals surface area contributed by atoms with Crippen LogP contribution in [0.2, 0.25) is 0 Å². The monoisotopic (exact) mass is 469 g/mol. The molecule has 3 aromatic rings. The van der Waals surface area contributed by atoms with E-state index in [0.29, 0.717) is 26.2 Å². The smallest absolute Gasteiger partial charge is 0.259 e. The molecule has 9 heteroatoms. The third-order valence-corrected chi connectivity index (χ3v) is 6.53. The highest BCUT2D eigenvalue weighted by molar-refractivity contribution is 5.98. The fourth-order valence-electron chi connectivity index (χ4n) is 4.62. The van der Waals surface area contributed by atoms with Crippen molar-refractivity contribution in [3.05, 3.63) is 63.9 Å². The number of rotatable bonds is 5. The molecule has 0 atom stereocenters. The normalized spacial score (nSPS) is 16.1. The van der Waals surface area contributed by atoms with Crippen molar-refractivity contribution in [1.29, 1.82) is 0 Å². The van der Waals surface area contributed by atoms with Gasteiger partial charge in [0.1, 0.15) is 11.3 Å². The van der Waals surface area contributed by atoms with Crippen LogP contribution < -0.4 is 19.8 Å². The number of fused-ring (bicyclic) bond motifs is 1. The van der Waals surface area contributed by atoms with E-state index >= 15 is 0 Å². The third kappa shape index (κ3) is 3.65. The molecule has 1 aromatic heterocycles. The Morgan fingerprint density at radius 1 is 1.03 bits per heavy atom. The maximum atomic E-state index is 14.4. The summed E-state index contributed by atoms with van der Waals surface area (Å²) in [6.45, 7) is 1.98. The number of carbonyl (C=O) groups excluding carboxylic acids is 1. The van der Waals surface area contributed by atoms with E-state index in [1.165, 1.54) is 13.3 Å². The molecule has 34 heavy (non-hydrogen) atoms. The number of hydrogen-bond donors (Lipinski definition) is 0. The van der Waals surface area contributed by atoms with Gasteiger partial charge in [-0.2, -0.15) is 4.39 Å². The molecule has 7 nitrogen and oxygen atoms in total. The molecule has 1 aliphatic heterocycles. The van der Waals surface area contributed by atoms with E-state index in [9.17, 15) is 18.4 Å². The average Bonchev–Trinajstić information content (AvgIpc) is 3.71. The molecule has 2 aromatic carbocycles. The molecule has 0 bridgehead atoms. The third-order valence-electron chi connectivity index (χ3n) is 6.53. The number of ether oxygens (including phenoxy) is 2. The van der Waals surface area contributed by atoms with Crippen molar-refractivity contribution < 1.29 is 23.0 Å². The predicted molar refractivity (Wildman–Crippen MR) is 124 cm³/mol. The van der Waals surface area contributed by atoms with Gasteiger partial charge in [-0.1, -0.05) is 12.1 Å². The molecule has 1 saturated heterocycles. The Bertz CT molecular complexity index is 1330. The molecule has 0 unspecified atom stereocenters. The molecule has 1 amide bonds. The second-order valence-corrected chi connectivity index (χ2v) is 8.56. The fraction of sp³-hybridized carbons (Fsp3) is 0.360. The molecule has 2 heterocycles. The minimum absolute atomic E-state index is 0.0100. The lowest BCUT2D eigenvalue weighted by Gasteiger charge is -2.36. The number of halogens is 2. The lowest BCUT2D eigenvalue weighted by Crippen LogP contribution is -2.49. The Labute approximate surface area is 195 Å². The molecule has 1 saturated carbocycles. The quantitative estimate of drug-likeness (QED) is 0.572. The Morgan fingerprint density at radius 3 is 2.38 bits per heavy atom. The number of anilines is 1. The van der Waals surface area contributed by atoms with Gasteiger partial charge in [-0.05, 0) is 31.0 Å². The van der Waals surface area contributed by atoms with Crippen LogP contribution in [0.25, 0.3) is 10.9 Å². The molecular weight excluding hydrogens is 444 g/mol. The van der Waals surface area contributed by atoms with Crippen LogP contribution in [0.3, 0.4) is 0 Å². The predicted octanol–water partition coefficient (Wildman–Crippen LogP) is 3.59. The number of methoxy groups -OCH3 is 2. The van der Waals surface area contributed by atoms with Gasteiger partial charge in [-0.25, -0.2) is 4.39 Å². The van der Waals surface area contributed by atoms with Crippen molar-refractivity contribution in [2.75, 3.05) is 45.3 Å². The molecular formula is C25H25F2N3O4. The van der Waals surface area contributed by atoms with Crippen LogP contribution in [0.4, 0.5) is 14.5 Å². The van der Waals surface area contributed by atoms with Crippen molar-refractivity contribution in [2.45, 2.75) is 18.9 Å². The van der Waals surface area contributed by atoms with Crippen molar-refractivity contribution in [1.82, 2.24) is 9.47 Å². The van der Waals surface area contributed by atoms with Gasteiger partial charge >= 0.3 is 0 Å². The van der Waals surface area contributed by atoms with Crippen LogP contribution in [-0.4, -0.2) is 55.8 Å². The molecule has 1 aliphatic carbocycles. The maximum absolute atomic E-state index is 14.4. The fourth-order valence-corrected chi connectivity index (χ4v) is 4.62. The van der Waals surface area contributed by atoms with Gasteiger partial charge in [0.25, 0.3) is 5.91 Å². The number of amides is 1. The maximum Gasteiger partial charge on any atom is 0.259 e. The minimum atomic E-state index is -1.18. The largest absolute Gasteiger partial charge is 0.495 e. The summed E-state index contributed by atoms with van der Waals surface area (Å²) in [5, 5.41) is -0.0545. The van der Waals surface area contributed by atoms with E-state index in [4.69, 9.17) is 9.47 Å². The van der Waals surface area contributed by atoms with Crippen LogP contribution in [0, 0.1) is 11.6 Å². The molecule has 178 valence electrons. The number of carbonyl (C=O) groups is 1. The summed E-state index contributed by atoms with van der Waals surface area (Å²) in [7, 11) is 2.85. The van der Waals surface area contributed by atoms with Gasteiger partial charge in [0.2, 0.25) is 11.2 Å². The first-order valence-electron chi connectivity index (χ1n) is 11.2. The van der Waals surface area contributed by atoms with E-state index in [1.54, 1.807) is 16.6 Å². The van der Waals surface area contributed by atoms with E-state index in [1.807, 2.05) is 24.3 Å². The summed E-state index contributed by atoms with van der Waals surface area (Å²) >= 11 is 0. The highest BCUT2D eigenvalue weighted by Gasteiger charge is 2.32. The summed E-state index contributed by atoms with van der Waals surface area (Å²) in [6, 6.07) is 8.56. The van der Waals surface area contributed by atoms with Gasteiger partial charge in [0.15, 0.2) is 11.6 Å².